The first kappa shape index (κ1) is 17.2. The van der Waals surface area contributed by atoms with Crippen LogP contribution in [0.2, 0.25) is 0 Å². The molecule has 2 aromatic rings. The van der Waals surface area contributed by atoms with Crippen molar-refractivity contribution in [2.24, 2.45) is 0 Å². The number of aliphatic carboxylic acids is 1. The highest BCUT2D eigenvalue weighted by atomic mass is 32.2. The lowest BCUT2D eigenvalue weighted by Crippen LogP contribution is -2.27. The van der Waals surface area contributed by atoms with Gasteiger partial charge in [0.1, 0.15) is 0 Å². The first-order chi connectivity index (χ1) is 10.9. The summed E-state index contributed by atoms with van der Waals surface area (Å²) in [6, 6.07) is 15.3. The zero-order valence-corrected chi connectivity index (χ0v) is 13.5. The summed E-state index contributed by atoms with van der Waals surface area (Å²) in [6.45, 7) is 1.83. The van der Waals surface area contributed by atoms with E-state index in [0.29, 0.717) is 6.42 Å². The van der Waals surface area contributed by atoms with E-state index in [9.17, 15) is 18.3 Å². The summed E-state index contributed by atoms with van der Waals surface area (Å²) >= 11 is 0. The third-order valence-corrected chi connectivity index (χ3v) is 4.70. The minimum absolute atomic E-state index is 0.0472. The molecule has 0 saturated heterocycles. The van der Waals surface area contributed by atoms with E-state index < -0.39 is 22.2 Å². The van der Waals surface area contributed by atoms with Gasteiger partial charge in [-0.2, -0.15) is 8.42 Å². The average molecular weight is 334 g/mol. The van der Waals surface area contributed by atoms with E-state index in [2.05, 4.69) is 0 Å². The number of carbonyl (C=O) groups is 1. The molecule has 1 atom stereocenters. The standard InChI is InChI=1S/C17H18O5S/c1-13-7-10-15(11-8-13)23(20,21)22-16(17(18)19)12-9-14-5-3-2-4-6-14/h2-8,10-11,16H,9,12H2,1H3,(H,18,19). The van der Waals surface area contributed by atoms with Crippen LogP contribution in [0.3, 0.4) is 0 Å². The Bertz CT molecular complexity index is 751. The molecule has 122 valence electrons. The van der Waals surface area contributed by atoms with Crippen LogP contribution < -0.4 is 0 Å². The number of carboxylic acid groups (broad SMARTS) is 1. The van der Waals surface area contributed by atoms with Gasteiger partial charge in [0.25, 0.3) is 10.1 Å². The molecule has 0 aliphatic heterocycles. The molecule has 0 radical (unpaired) electrons. The Morgan fingerprint density at radius 2 is 1.70 bits per heavy atom. The summed E-state index contributed by atoms with van der Waals surface area (Å²) < 4.78 is 29.3. The topological polar surface area (TPSA) is 80.7 Å². The van der Waals surface area contributed by atoms with Crippen LogP contribution in [0, 0.1) is 6.92 Å². The van der Waals surface area contributed by atoms with Crippen LogP contribution in [0.15, 0.2) is 59.5 Å². The van der Waals surface area contributed by atoms with Crippen molar-refractivity contribution in [1.82, 2.24) is 0 Å². The van der Waals surface area contributed by atoms with E-state index in [0.717, 1.165) is 11.1 Å². The zero-order valence-electron chi connectivity index (χ0n) is 12.7. The largest absolute Gasteiger partial charge is 0.479 e. The molecule has 0 spiro atoms. The number of carboxylic acids is 1. The molecule has 0 aliphatic rings. The second-order valence-corrected chi connectivity index (χ2v) is 6.79. The van der Waals surface area contributed by atoms with Crippen LogP contribution in [0.25, 0.3) is 0 Å². The van der Waals surface area contributed by atoms with Gasteiger partial charge in [0.05, 0.1) is 4.90 Å². The molecular weight excluding hydrogens is 316 g/mol. The SMILES string of the molecule is Cc1ccc(S(=O)(=O)OC(CCc2ccccc2)C(=O)O)cc1. The molecule has 23 heavy (non-hydrogen) atoms. The number of rotatable bonds is 7. The van der Waals surface area contributed by atoms with Gasteiger partial charge in [0.15, 0.2) is 6.10 Å². The fraction of sp³-hybridized carbons (Fsp3) is 0.235. The Kier molecular flexibility index (Phi) is 5.52. The Hall–Kier alpha value is -2.18. The van der Waals surface area contributed by atoms with E-state index in [1.54, 1.807) is 12.1 Å². The molecule has 0 aromatic heterocycles. The quantitative estimate of drug-likeness (QED) is 0.788. The van der Waals surface area contributed by atoms with Crippen molar-refractivity contribution < 1.29 is 22.5 Å². The lowest BCUT2D eigenvalue weighted by Gasteiger charge is -2.14. The fourth-order valence-corrected chi connectivity index (χ4v) is 3.13. The van der Waals surface area contributed by atoms with Crippen molar-refractivity contribution in [2.75, 3.05) is 0 Å². The fourth-order valence-electron chi connectivity index (χ4n) is 2.07. The summed E-state index contributed by atoms with van der Waals surface area (Å²) in [5.74, 6) is -1.29. The number of benzene rings is 2. The molecule has 0 bridgehead atoms. The summed E-state index contributed by atoms with van der Waals surface area (Å²) in [5.41, 5.74) is 1.83. The van der Waals surface area contributed by atoms with E-state index in [1.165, 1.54) is 12.1 Å². The van der Waals surface area contributed by atoms with E-state index in [1.807, 2.05) is 37.3 Å². The molecular formula is C17H18O5S. The number of hydrogen-bond donors (Lipinski definition) is 1. The summed E-state index contributed by atoms with van der Waals surface area (Å²) in [4.78, 5) is 11.2. The molecule has 1 unspecified atom stereocenters. The average Bonchev–Trinajstić information content (AvgIpc) is 2.52. The number of hydrogen-bond acceptors (Lipinski definition) is 4. The van der Waals surface area contributed by atoms with Crippen LogP contribution in [0.1, 0.15) is 17.5 Å². The van der Waals surface area contributed by atoms with Crippen molar-refractivity contribution in [2.45, 2.75) is 30.8 Å². The Morgan fingerprint density at radius 3 is 2.26 bits per heavy atom. The second-order valence-electron chi connectivity index (χ2n) is 5.21. The van der Waals surface area contributed by atoms with E-state index >= 15 is 0 Å². The van der Waals surface area contributed by atoms with Crippen molar-refractivity contribution in [3.05, 3.63) is 65.7 Å². The maximum Gasteiger partial charge on any atom is 0.334 e. The van der Waals surface area contributed by atoms with Gasteiger partial charge < -0.3 is 5.11 Å². The highest BCUT2D eigenvalue weighted by Crippen LogP contribution is 2.18. The van der Waals surface area contributed by atoms with Gasteiger partial charge in [0.2, 0.25) is 0 Å². The molecule has 2 rings (SSSR count). The predicted octanol–water partition coefficient (Wildman–Crippen LogP) is 2.79. The zero-order chi connectivity index (χ0) is 16.9. The predicted molar refractivity (Wildman–Crippen MR) is 85.6 cm³/mol. The number of aryl methyl sites for hydroxylation is 2. The van der Waals surface area contributed by atoms with Crippen molar-refractivity contribution in [3.63, 3.8) is 0 Å². The van der Waals surface area contributed by atoms with Gasteiger partial charge in [0, 0.05) is 0 Å². The Labute approximate surface area is 135 Å². The Balaban J connectivity index is 2.09. The molecule has 5 nitrogen and oxygen atoms in total. The third kappa shape index (κ3) is 4.91. The molecule has 6 heteroatoms. The highest BCUT2D eigenvalue weighted by Gasteiger charge is 2.27. The van der Waals surface area contributed by atoms with Gasteiger partial charge in [-0.15, -0.1) is 0 Å². The monoisotopic (exact) mass is 334 g/mol. The molecule has 0 heterocycles. The molecule has 1 N–H and O–H groups in total. The third-order valence-electron chi connectivity index (χ3n) is 3.37. The maximum absolute atomic E-state index is 12.2. The first-order valence-corrected chi connectivity index (χ1v) is 8.56. The molecule has 0 amide bonds. The van der Waals surface area contributed by atoms with Crippen molar-refractivity contribution >= 4 is 16.1 Å². The minimum Gasteiger partial charge on any atom is -0.479 e. The highest BCUT2D eigenvalue weighted by molar-refractivity contribution is 7.86. The normalized spacial score (nSPS) is 12.7. The maximum atomic E-state index is 12.2. The van der Waals surface area contributed by atoms with E-state index in [-0.39, 0.29) is 11.3 Å². The summed E-state index contributed by atoms with van der Waals surface area (Å²) in [5, 5.41) is 9.22. The molecule has 0 fully saturated rings. The Morgan fingerprint density at radius 1 is 1.09 bits per heavy atom. The summed E-state index contributed by atoms with van der Waals surface area (Å²) in [6.07, 6.45) is -0.924. The molecule has 2 aromatic carbocycles. The second kappa shape index (κ2) is 7.39. The van der Waals surface area contributed by atoms with Gasteiger partial charge in [-0.25, -0.2) is 4.79 Å². The van der Waals surface area contributed by atoms with E-state index in [4.69, 9.17) is 4.18 Å². The minimum atomic E-state index is -4.11. The smallest absolute Gasteiger partial charge is 0.334 e. The van der Waals surface area contributed by atoms with Crippen LogP contribution in [-0.4, -0.2) is 25.6 Å². The van der Waals surface area contributed by atoms with Crippen LogP contribution in [0.4, 0.5) is 0 Å². The van der Waals surface area contributed by atoms with Crippen molar-refractivity contribution in [3.8, 4) is 0 Å². The van der Waals surface area contributed by atoms with Gasteiger partial charge in [-0.1, -0.05) is 48.0 Å². The van der Waals surface area contributed by atoms with Gasteiger partial charge in [-0.05, 0) is 37.5 Å². The summed E-state index contributed by atoms with van der Waals surface area (Å²) in [7, 11) is -4.11. The van der Waals surface area contributed by atoms with Crippen LogP contribution in [-0.2, 0) is 25.5 Å². The van der Waals surface area contributed by atoms with Gasteiger partial charge in [-0.3, -0.25) is 4.18 Å². The van der Waals surface area contributed by atoms with Crippen LogP contribution >= 0.6 is 0 Å². The van der Waals surface area contributed by atoms with Gasteiger partial charge >= 0.3 is 5.97 Å². The van der Waals surface area contributed by atoms with Crippen LogP contribution in [0.5, 0.6) is 0 Å². The van der Waals surface area contributed by atoms with Crippen molar-refractivity contribution in [1.29, 1.82) is 0 Å². The molecule has 0 saturated carbocycles. The lowest BCUT2D eigenvalue weighted by atomic mass is 10.1. The lowest BCUT2D eigenvalue weighted by molar-refractivity contribution is -0.145. The first-order valence-electron chi connectivity index (χ1n) is 7.15. The molecule has 0 aliphatic carbocycles.